The van der Waals surface area contributed by atoms with Crippen molar-refractivity contribution in [2.45, 2.75) is 38.2 Å². The number of aromatic carboxylic acids is 1. The lowest BCUT2D eigenvalue weighted by molar-refractivity contribution is 0.0334. The molecule has 1 heterocycles. The lowest BCUT2D eigenvalue weighted by Crippen LogP contribution is -2.42. The Balaban J connectivity index is 0.00000272. The van der Waals surface area contributed by atoms with Gasteiger partial charge in [0.15, 0.2) is 0 Å². The van der Waals surface area contributed by atoms with Crippen LogP contribution in [0.25, 0.3) is 10.8 Å². The molecule has 5 heteroatoms. The molecule has 1 aliphatic heterocycles. The SMILES string of the molecule is C[C@@H](CCCC1CN(c2ccc(C(=O)O)cc2)CCO1)c1cccc2ccccc12.Cl. The Bertz CT molecular complexity index is 1000. The van der Waals surface area contributed by atoms with E-state index in [-0.39, 0.29) is 18.5 Å². The first-order valence-corrected chi connectivity index (χ1v) is 10.8. The highest BCUT2D eigenvalue weighted by Gasteiger charge is 2.21. The zero-order valence-electron chi connectivity index (χ0n) is 17.9. The molecule has 31 heavy (non-hydrogen) atoms. The molecule has 0 amide bonds. The molecule has 0 spiro atoms. The summed E-state index contributed by atoms with van der Waals surface area (Å²) in [6.07, 6.45) is 3.53. The van der Waals surface area contributed by atoms with Crippen LogP contribution >= 0.6 is 12.4 Å². The third-order valence-corrected chi connectivity index (χ3v) is 6.14. The number of ether oxygens (including phenoxy) is 1. The number of carboxylic acid groups (broad SMARTS) is 1. The van der Waals surface area contributed by atoms with E-state index in [1.807, 2.05) is 12.1 Å². The Morgan fingerprint density at radius 2 is 1.84 bits per heavy atom. The van der Waals surface area contributed by atoms with Crippen LogP contribution in [0, 0.1) is 0 Å². The molecule has 2 atom stereocenters. The smallest absolute Gasteiger partial charge is 0.335 e. The Morgan fingerprint density at radius 3 is 2.61 bits per heavy atom. The molecule has 1 N–H and O–H groups in total. The lowest BCUT2D eigenvalue weighted by Gasteiger charge is -2.34. The summed E-state index contributed by atoms with van der Waals surface area (Å²) in [5.74, 6) is -0.374. The summed E-state index contributed by atoms with van der Waals surface area (Å²) in [5, 5.41) is 11.7. The number of fused-ring (bicyclic) bond motifs is 1. The van der Waals surface area contributed by atoms with Crippen molar-refractivity contribution in [1.29, 1.82) is 0 Å². The highest BCUT2D eigenvalue weighted by atomic mass is 35.5. The molecular formula is C26H30ClNO3. The topological polar surface area (TPSA) is 49.8 Å². The molecule has 164 valence electrons. The van der Waals surface area contributed by atoms with E-state index in [0.717, 1.165) is 38.0 Å². The second-order valence-corrected chi connectivity index (χ2v) is 8.19. The first-order chi connectivity index (χ1) is 14.6. The molecule has 0 aliphatic carbocycles. The monoisotopic (exact) mass is 439 g/mol. The Hall–Kier alpha value is -2.56. The second kappa shape index (κ2) is 10.7. The van der Waals surface area contributed by atoms with Crippen LogP contribution in [0.1, 0.15) is 48.0 Å². The summed E-state index contributed by atoms with van der Waals surface area (Å²) >= 11 is 0. The van der Waals surface area contributed by atoms with Crippen LogP contribution in [-0.2, 0) is 4.74 Å². The number of hydrogen-bond donors (Lipinski definition) is 1. The summed E-state index contributed by atoms with van der Waals surface area (Å²) in [4.78, 5) is 13.4. The summed E-state index contributed by atoms with van der Waals surface area (Å²) in [7, 11) is 0. The first kappa shape index (κ1) is 23.1. The normalized spacial score (nSPS) is 17.2. The van der Waals surface area contributed by atoms with Gasteiger partial charge in [-0.25, -0.2) is 4.79 Å². The van der Waals surface area contributed by atoms with Gasteiger partial charge in [-0.05, 0) is 59.4 Å². The molecule has 3 aromatic rings. The first-order valence-electron chi connectivity index (χ1n) is 10.8. The molecule has 1 aliphatic rings. The van der Waals surface area contributed by atoms with E-state index >= 15 is 0 Å². The van der Waals surface area contributed by atoms with Gasteiger partial charge in [0, 0.05) is 18.8 Å². The van der Waals surface area contributed by atoms with Crippen molar-refractivity contribution in [2.24, 2.45) is 0 Å². The summed E-state index contributed by atoms with van der Waals surface area (Å²) in [5.41, 5.74) is 2.82. The fraction of sp³-hybridized carbons (Fsp3) is 0.346. The van der Waals surface area contributed by atoms with E-state index in [0.29, 0.717) is 18.1 Å². The summed E-state index contributed by atoms with van der Waals surface area (Å²) in [6.45, 7) is 4.73. The highest BCUT2D eigenvalue weighted by Crippen LogP contribution is 2.29. The maximum absolute atomic E-state index is 11.1. The van der Waals surface area contributed by atoms with Crippen LogP contribution < -0.4 is 4.90 Å². The number of anilines is 1. The predicted octanol–water partition coefficient (Wildman–Crippen LogP) is 6.14. The molecule has 1 saturated heterocycles. The van der Waals surface area contributed by atoms with Crippen molar-refractivity contribution in [1.82, 2.24) is 0 Å². The van der Waals surface area contributed by atoms with E-state index < -0.39 is 5.97 Å². The van der Waals surface area contributed by atoms with Crippen LogP contribution in [0.15, 0.2) is 66.7 Å². The zero-order chi connectivity index (χ0) is 20.9. The van der Waals surface area contributed by atoms with Crippen LogP contribution in [0.3, 0.4) is 0 Å². The third-order valence-electron chi connectivity index (χ3n) is 6.14. The fourth-order valence-electron chi connectivity index (χ4n) is 4.43. The van der Waals surface area contributed by atoms with Crippen molar-refractivity contribution in [2.75, 3.05) is 24.6 Å². The largest absolute Gasteiger partial charge is 0.478 e. The number of carbonyl (C=O) groups is 1. The van der Waals surface area contributed by atoms with Crippen molar-refractivity contribution < 1.29 is 14.6 Å². The van der Waals surface area contributed by atoms with E-state index in [4.69, 9.17) is 9.84 Å². The fourth-order valence-corrected chi connectivity index (χ4v) is 4.43. The van der Waals surface area contributed by atoms with E-state index in [2.05, 4.69) is 54.3 Å². The number of carboxylic acids is 1. The van der Waals surface area contributed by atoms with Gasteiger partial charge in [-0.3, -0.25) is 0 Å². The van der Waals surface area contributed by atoms with Crippen LogP contribution in [-0.4, -0.2) is 36.9 Å². The minimum Gasteiger partial charge on any atom is -0.478 e. The molecule has 0 bridgehead atoms. The number of hydrogen-bond acceptors (Lipinski definition) is 3. The Labute approximate surface area is 190 Å². The molecule has 0 aromatic heterocycles. The number of nitrogens with zero attached hydrogens (tertiary/aromatic N) is 1. The van der Waals surface area contributed by atoms with Gasteiger partial charge in [0.05, 0.1) is 18.3 Å². The highest BCUT2D eigenvalue weighted by molar-refractivity contribution is 5.88. The number of rotatable bonds is 7. The van der Waals surface area contributed by atoms with Crippen LogP contribution in [0.4, 0.5) is 5.69 Å². The average Bonchev–Trinajstić information content (AvgIpc) is 2.79. The second-order valence-electron chi connectivity index (χ2n) is 8.19. The van der Waals surface area contributed by atoms with Crippen molar-refractivity contribution >= 4 is 34.8 Å². The minimum atomic E-state index is -0.887. The minimum absolute atomic E-state index is 0. The van der Waals surface area contributed by atoms with E-state index in [1.165, 1.54) is 16.3 Å². The number of halogens is 1. The van der Waals surface area contributed by atoms with Gasteiger partial charge < -0.3 is 14.7 Å². The zero-order valence-corrected chi connectivity index (χ0v) is 18.7. The molecule has 0 saturated carbocycles. The molecule has 4 rings (SSSR count). The average molecular weight is 440 g/mol. The molecule has 3 aromatic carbocycles. The van der Waals surface area contributed by atoms with Crippen molar-refractivity contribution in [3.05, 3.63) is 77.9 Å². The van der Waals surface area contributed by atoms with Crippen LogP contribution in [0.5, 0.6) is 0 Å². The van der Waals surface area contributed by atoms with Gasteiger partial charge in [0.2, 0.25) is 0 Å². The van der Waals surface area contributed by atoms with Crippen LogP contribution in [0.2, 0.25) is 0 Å². The van der Waals surface area contributed by atoms with Gasteiger partial charge in [-0.15, -0.1) is 12.4 Å². The maximum atomic E-state index is 11.1. The van der Waals surface area contributed by atoms with E-state index in [1.54, 1.807) is 12.1 Å². The molecule has 0 radical (unpaired) electrons. The summed E-state index contributed by atoms with van der Waals surface area (Å²) < 4.78 is 6.01. The quantitative estimate of drug-likeness (QED) is 0.480. The van der Waals surface area contributed by atoms with Gasteiger partial charge in [-0.1, -0.05) is 55.8 Å². The summed E-state index contributed by atoms with van der Waals surface area (Å²) in [6, 6.07) is 22.4. The molecule has 1 fully saturated rings. The lowest BCUT2D eigenvalue weighted by atomic mass is 9.90. The van der Waals surface area contributed by atoms with Crippen molar-refractivity contribution in [3.8, 4) is 0 Å². The van der Waals surface area contributed by atoms with Gasteiger partial charge in [0.1, 0.15) is 0 Å². The molecule has 1 unspecified atom stereocenters. The number of benzene rings is 3. The van der Waals surface area contributed by atoms with Gasteiger partial charge in [0.25, 0.3) is 0 Å². The Morgan fingerprint density at radius 1 is 1.10 bits per heavy atom. The van der Waals surface area contributed by atoms with Gasteiger partial charge >= 0.3 is 5.97 Å². The number of morpholine rings is 1. The standard InChI is InChI=1S/C26H29NO3.ClH/c1-19(24-11-5-8-20-7-2-3-10-25(20)24)6-4-9-23-18-27(16-17-30-23)22-14-12-21(13-15-22)26(28)29;/h2-3,5,7-8,10-15,19,23H,4,6,9,16-18H2,1H3,(H,28,29);1H/t19-,23?;/m0./s1. The van der Waals surface area contributed by atoms with Gasteiger partial charge in [-0.2, -0.15) is 0 Å². The Kier molecular flexibility index (Phi) is 7.94. The third kappa shape index (κ3) is 5.57. The van der Waals surface area contributed by atoms with Crippen molar-refractivity contribution in [3.63, 3.8) is 0 Å². The molecule has 4 nitrogen and oxygen atoms in total. The van der Waals surface area contributed by atoms with E-state index in [9.17, 15) is 4.79 Å². The predicted molar refractivity (Wildman–Crippen MR) is 129 cm³/mol. The molecular weight excluding hydrogens is 410 g/mol. The maximum Gasteiger partial charge on any atom is 0.335 e.